The van der Waals surface area contributed by atoms with E-state index in [9.17, 15) is 4.79 Å². The molecule has 2 aromatic rings. The Morgan fingerprint density at radius 3 is 1.94 bits per heavy atom. The molecule has 92 valence electrons. The molecule has 0 atom stereocenters. The third kappa shape index (κ3) is 2.71. The fourth-order valence-corrected chi connectivity index (χ4v) is 1.86. The predicted octanol–water partition coefficient (Wildman–Crippen LogP) is 3.78. The first-order valence-electron chi connectivity index (χ1n) is 5.58. The van der Waals surface area contributed by atoms with Crippen LogP contribution in [-0.4, -0.2) is 18.8 Å². The van der Waals surface area contributed by atoms with Gasteiger partial charge in [-0.05, 0) is 23.3 Å². The number of hydrogen-bond donors (Lipinski definition) is 0. The van der Waals surface area contributed by atoms with Gasteiger partial charge in [-0.15, -0.1) is 11.6 Å². The van der Waals surface area contributed by atoms with E-state index in [0.717, 1.165) is 16.9 Å². The molecule has 0 radical (unpaired) electrons. The molecule has 0 heterocycles. The molecule has 0 saturated heterocycles. The lowest BCUT2D eigenvalue weighted by molar-refractivity contribution is 0.102. The number of alkyl halides is 1. The summed E-state index contributed by atoms with van der Waals surface area (Å²) in [7, 11) is 1.64. The lowest BCUT2D eigenvalue weighted by atomic mass is 10.0. The van der Waals surface area contributed by atoms with Crippen LogP contribution < -0.4 is 4.74 Å². The van der Waals surface area contributed by atoms with Crippen molar-refractivity contribution >= 4 is 17.4 Å². The molecule has 0 aliphatic rings. The van der Waals surface area contributed by atoms with Crippen molar-refractivity contribution in [1.82, 2.24) is 0 Å². The molecule has 0 fully saturated rings. The van der Waals surface area contributed by atoms with Gasteiger partial charge >= 0.3 is 0 Å². The molecule has 18 heavy (non-hydrogen) atoms. The quantitative estimate of drug-likeness (QED) is 0.618. The van der Waals surface area contributed by atoms with E-state index in [4.69, 9.17) is 16.3 Å². The maximum atomic E-state index is 11.4. The van der Waals surface area contributed by atoms with E-state index < -0.39 is 0 Å². The number of methoxy groups -OCH3 is 1. The summed E-state index contributed by atoms with van der Waals surface area (Å²) in [6, 6.07) is 15.2. The van der Waals surface area contributed by atoms with Crippen molar-refractivity contribution in [3.63, 3.8) is 0 Å². The van der Waals surface area contributed by atoms with Gasteiger partial charge in [0.1, 0.15) is 5.75 Å². The summed E-state index contributed by atoms with van der Waals surface area (Å²) >= 11 is 5.51. The Labute approximate surface area is 111 Å². The number of ether oxygens (including phenoxy) is 1. The van der Waals surface area contributed by atoms with E-state index in [1.807, 2.05) is 36.4 Å². The lowest BCUT2D eigenvalue weighted by Gasteiger charge is -2.04. The average Bonchev–Trinajstić information content (AvgIpc) is 2.47. The van der Waals surface area contributed by atoms with Crippen LogP contribution in [-0.2, 0) is 0 Å². The van der Waals surface area contributed by atoms with Gasteiger partial charge in [-0.25, -0.2) is 0 Å². The van der Waals surface area contributed by atoms with Gasteiger partial charge in [0.05, 0.1) is 13.0 Å². The molecule has 0 spiro atoms. The molecule has 2 aromatic carbocycles. The van der Waals surface area contributed by atoms with Gasteiger partial charge in [0, 0.05) is 5.56 Å². The van der Waals surface area contributed by atoms with E-state index in [-0.39, 0.29) is 11.7 Å². The summed E-state index contributed by atoms with van der Waals surface area (Å²) < 4.78 is 5.11. The van der Waals surface area contributed by atoms with E-state index >= 15 is 0 Å². The zero-order valence-corrected chi connectivity index (χ0v) is 10.8. The minimum Gasteiger partial charge on any atom is -0.497 e. The first kappa shape index (κ1) is 12.7. The summed E-state index contributed by atoms with van der Waals surface area (Å²) in [6.07, 6.45) is 0. The zero-order valence-electron chi connectivity index (χ0n) is 10.0. The zero-order chi connectivity index (χ0) is 13.0. The third-order valence-electron chi connectivity index (χ3n) is 2.75. The summed E-state index contributed by atoms with van der Waals surface area (Å²) in [5.74, 6) is 0.785. The first-order valence-corrected chi connectivity index (χ1v) is 6.11. The van der Waals surface area contributed by atoms with Crippen molar-refractivity contribution in [1.29, 1.82) is 0 Å². The summed E-state index contributed by atoms with van der Waals surface area (Å²) in [5, 5.41) is 0. The molecule has 0 bridgehead atoms. The molecule has 0 amide bonds. The first-order chi connectivity index (χ1) is 8.74. The number of halogens is 1. The largest absolute Gasteiger partial charge is 0.497 e. The fourth-order valence-electron chi connectivity index (χ4n) is 1.71. The monoisotopic (exact) mass is 260 g/mol. The molecule has 2 nitrogen and oxygen atoms in total. The molecular weight excluding hydrogens is 248 g/mol. The van der Waals surface area contributed by atoms with Crippen LogP contribution in [0.15, 0.2) is 48.5 Å². The molecule has 0 saturated carbocycles. The van der Waals surface area contributed by atoms with Crippen LogP contribution in [0.3, 0.4) is 0 Å². The molecule has 0 unspecified atom stereocenters. The molecule has 0 N–H and O–H groups in total. The molecular formula is C15H13ClO2. The average molecular weight is 261 g/mol. The minimum atomic E-state index is -0.0575. The van der Waals surface area contributed by atoms with Gasteiger partial charge in [-0.1, -0.05) is 36.4 Å². The summed E-state index contributed by atoms with van der Waals surface area (Å²) in [4.78, 5) is 11.4. The maximum absolute atomic E-state index is 11.4. The molecule has 3 heteroatoms. The highest BCUT2D eigenvalue weighted by atomic mass is 35.5. The van der Waals surface area contributed by atoms with Crippen LogP contribution in [0.4, 0.5) is 0 Å². The predicted molar refractivity (Wildman–Crippen MR) is 73.5 cm³/mol. The minimum absolute atomic E-state index is 0.0158. The van der Waals surface area contributed by atoms with Crippen molar-refractivity contribution in [2.24, 2.45) is 0 Å². The number of ketones is 1. The Balaban J connectivity index is 2.25. The maximum Gasteiger partial charge on any atom is 0.177 e. The van der Waals surface area contributed by atoms with Crippen LogP contribution in [0.1, 0.15) is 10.4 Å². The van der Waals surface area contributed by atoms with Crippen LogP contribution in [0.25, 0.3) is 11.1 Å². The van der Waals surface area contributed by atoms with Gasteiger partial charge in [0.25, 0.3) is 0 Å². The summed E-state index contributed by atoms with van der Waals surface area (Å²) in [6.45, 7) is 0. The number of rotatable bonds is 4. The topological polar surface area (TPSA) is 26.3 Å². The Kier molecular flexibility index (Phi) is 4.00. The highest BCUT2D eigenvalue weighted by molar-refractivity contribution is 6.30. The SMILES string of the molecule is COc1ccc(-c2ccc(C(=O)CCl)cc2)cc1. The van der Waals surface area contributed by atoms with Crippen molar-refractivity contribution in [3.05, 3.63) is 54.1 Å². The Bertz CT molecular complexity index is 529. The van der Waals surface area contributed by atoms with Crippen molar-refractivity contribution in [2.75, 3.05) is 13.0 Å². The second-order valence-electron chi connectivity index (χ2n) is 3.86. The second-order valence-corrected chi connectivity index (χ2v) is 4.13. The molecule has 0 aliphatic carbocycles. The third-order valence-corrected chi connectivity index (χ3v) is 2.99. The Morgan fingerprint density at radius 1 is 1.00 bits per heavy atom. The van der Waals surface area contributed by atoms with Crippen LogP contribution in [0.2, 0.25) is 0 Å². The van der Waals surface area contributed by atoms with Crippen LogP contribution >= 0.6 is 11.6 Å². The van der Waals surface area contributed by atoms with E-state index in [1.165, 1.54) is 0 Å². The standard InChI is InChI=1S/C15H13ClO2/c1-18-14-8-6-12(7-9-14)11-2-4-13(5-3-11)15(17)10-16/h2-9H,10H2,1H3. The number of carbonyl (C=O) groups excluding carboxylic acids is 1. The number of carbonyl (C=O) groups is 1. The van der Waals surface area contributed by atoms with Gasteiger partial charge in [-0.2, -0.15) is 0 Å². The summed E-state index contributed by atoms with van der Waals surface area (Å²) in [5.41, 5.74) is 2.78. The Morgan fingerprint density at radius 2 is 1.50 bits per heavy atom. The number of benzene rings is 2. The smallest absolute Gasteiger partial charge is 0.177 e. The normalized spacial score (nSPS) is 10.1. The number of hydrogen-bond acceptors (Lipinski definition) is 2. The van der Waals surface area contributed by atoms with Crippen molar-refractivity contribution < 1.29 is 9.53 Å². The lowest BCUT2D eigenvalue weighted by Crippen LogP contribution is -1.99. The van der Waals surface area contributed by atoms with E-state index in [0.29, 0.717) is 5.56 Å². The van der Waals surface area contributed by atoms with Gasteiger partial charge in [0.15, 0.2) is 5.78 Å². The Hall–Kier alpha value is -1.80. The molecule has 2 rings (SSSR count). The van der Waals surface area contributed by atoms with E-state index in [1.54, 1.807) is 19.2 Å². The number of Topliss-reactive ketones (excluding diaryl/α,β-unsaturated/α-hetero) is 1. The van der Waals surface area contributed by atoms with E-state index in [2.05, 4.69) is 0 Å². The van der Waals surface area contributed by atoms with Crippen LogP contribution in [0.5, 0.6) is 5.75 Å². The van der Waals surface area contributed by atoms with Gasteiger partial charge < -0.3 is 4.74 Å². The highest BCUT2D eigenvalue weighted by Gasteiger charge is 2.04. The molecule has 0 aliphatic heterocycles. The van der Waals surface area contributed by atoms with Crippen molar-refractivity contribution in [3.8, 4) is 16.9 Å². The molecule has 0 aromatic heterocycles. The van der Waals surface area contributed by atoms with Crippen LogP contribution in [0, 0.1) is 0 Å². The highest BCUT2D eigenvalue weighted by Crippen LogP contribution is 2.22. The fraction of sp³-hybridized carbons (Fsp3) is 0.133. The second kappa shape index (κ2) is 5.69. The van der Waals surface area contributed by atoms with Gasteiger partial charge in [-0.3, -0.25) is 4.79 Å². The van der Waals surface area contributed by atoms with Crippen molar-refractivity contribution in [2.45, 2.75) is 0 Å². The van der Waals surface area contributed by atoms with Gasteiger partial charge in [0.2, 0.25) is 0 Å².